The van der Waals surface area contributed by atoms with Crippen LogP contribution in [0.25, 0.3) is 0 Å². The molecular weight excluding hydrogens is 236 g/mol. The molecule has 0 aliphatic carbocycles. The highest BCUT2D eigenvalue weighted by atomic mass is 16.1. The summed E-state index contributed by atoms with van der Waals surface area (Å²) in [6.07, 6.45) is 1.43. The first-order chi connectivity index (χ1) is 8.99. The van der Waals surface area contributed by atoms with Crippen molar-refractivity contribution in [2.24, 2.45) is 0 Å². The van der Waals surface area contributed by atoms with Crippen LogP contribution in [0.4, 0.5) is 5.69 Å². The van der Waals surface area contributed by atoms with E-state index in [1.54, 1.807) is 0 Å². The number of hydrogen-bond acceptors (Lipinski definition) is 2. The highest BCUT2D eigenvalue weighted by Crippen LogP contribution is 2.17. The second-order valence-corrected chi connectivity index (χ2v) is 5.54. The van der Waals surface area contributed by atoms with Crippen LogP contribution in [0, 0.1) is 0 Å². The number of amides is 1. The van der Waals surface area contributed by atoms with Crippen LogP contribution in [-0.2, 0) is 4.79 Å². The van der Waals surface area contributed by atoms with Crippen LogP contribution in [0.5, 0.6) is 0 Å². The maximum absolute atomic E-state index is 11.7. The van der Waals surface area contributed by atoms with Gasteiger partial charge in [0.25, 0.3) is 0 Å². The maximum Gasteiger partial charge on any atom is 0.224 e. The van der Waals surface area contributed by atoms with Crippen molar-refractivity contribution >= 4 is 11.6 Å². The van der Waals surface area contributed by atoms with E-state index in [0.29, 0.717) is 18.4 Å². The van der Waals surface area contributed by atoms with Gasteiger partial charge in [-0.25, -0.2) is 0 Å². The molecule has 0 atom stereocenters. The molecule has 1 rings (SSSR count). The van der Waals surface area contributed by atoms with E-state index in [-0.39, 0.29) is 5.91 Å². The van der Waals surface area contributed by atoms with Gasteiger partial charge < -0.3 is 10.6 Å². The normalized spacial score (nSPS) is 11.1. The van der Waals surface area contributed by atoms with Gasteiger partial charge in [-0.3, -0.25) is 4.79 Å². The molecule has 1 aromatic rings. The number of hydrogen-bond donors (Lipinski definition) is 2. The van der Waals surface area contributed by atoms with Crippen LogP contribution in [0.2, 0.25) is 0 Å². The molecule has 0 saturated carbocycles. The summed E-state index contributed by atoms with van der Waals surface area (Å²) in [5, 5.41) is 6.23. The SMILES string of the molecule is CC(C)NCCCC(=O)Nc1ccc(C(C)C)cc1. The molecule has 3 nitrogen and oxygen atoms in total. The van der Waals surface area contributed by atoms with Gasteiger partial charge in [-0.15, -0.1) is 0 Å². The van der Waals surface area contributed by atoms with Gasteiger partial charge in [-0.2, -0.15) is 0 Å². The Bertz CT molecular complexity index is 382. The molecule has 0 saturated heterocycles. The Morgan fingerprint density at radius 3 is 2.26 bits per heavy atom. The minimum atomic E-state index is 0.0860. The molecule has 1 aromatic carbocycles. The van der Waals surface area contributed by atoms with E-state index in [0.717, 1.165) is 18.7 Å². The zero-order valence-electron chi connectivity index (χ0n) is 12.5. The molecule has 1 amide bonds. The summed E-state index contributed by atoms with van der Waals surface area (Å²) in [6.45, 7) is 9.43. The summed E-state index contributed by atoms with van der Waals surface area (Å²) in [6, 6.07) is 8.56. The summed E-state index contributed by atoms with van der Waals surface area (Å²) < 4.78 is 0. The molecule has 106 valence electrons. The first-order valence-corrected chi connectivity index (χ1v) is 7.12. The lowest BCUT2D eigenvalue weighted by molar-refractivity contribution is -0.116. The lowest BCUT2D eigenvalue weighted by Crippen LogP contribution is -2.24. The highest BCUT2D eigenvalue weighted by Gasteiger charge is 2.03. The van der Waals surface area contributed by atoms with Crippen LogP contribution in [-0.4, -0.2) is 18.5 Å². The Kier molecular flexibility index (Phi) is 6.57. The van der Waals surface area contributed by atoms with E-state index in [9.17, 15) is 4.79 Å². The van der Waals surface area contributed by atoms with E-state index < -0.39 is 0 Å². The first-order valence-electron chi connectivity index (χ1n) is 7.12. The third-order valence-electron chi connectivity index (χ3n) is 2.99. The van der Waals surface area contributed by atoms with Gasteiger partial charge in [-0.05, 0) is 36.6 Å². The van der Waals surface area contributed by atoms with Gasteiger partial charge in [0.15, 0.2) is 0 Å². The zero-order valence-corrected chi connectivity index (χ0v) is 12.5. The molecule has 0 radical (unpaired) electrons. The average Bonchev–Trinajstić information content (AvgIpc) is 2.35. The number of anilines is 1. The van der Waals surface area contributed by atoms with Gasteiger partial charge in [0.1, 0.15) is 0 Å². The van der Waals surface area contributed by atoms with Crippen LogP contribution in [0.3, 0.4) is 0 Å². The van der Waals surface area contributed by atoms with Crippen molar-refractivity contribution in [1.82, 2.24) is 5.32 Å². The smallest absolute Gasteiger partial charge is 0.224 e. The van der Waals surface area contributed by atoms with Crippen LogP contribution in [0.15, 0.2) is 24.3 Å². The molecule has 19 heavy (non-hydrogen) atoms. The van der Waals surface area contributed by atoms with Gasteiger partial charge in [0.2, 0.25) is 5.91 Å². The predicted molar refractivity (Wildman–Crippen MR) is 81.5 cm³/mol. The van der Waals surface area contributed by atoms with Crippen molar-refractivity contribution in [1.29, 1.82) is 0 Å². The largest absolute Gasteiger partial charge is 0.326 e. The molecule has 0 fully saturated rings. The number of carbonyl (C=O) groups excluding carboxylic acids is 1. The van der Waals surface area contributed by atoms with E-state index in [2.05, 4.69) is 50.5 Å². The van der Waals surface area contributed by atoms with Crippen LogP contribution >= 0.6 is 0 Å². The average molecular weight is 262 g/mol. The summed E-state index contributed by atoms with van der Waals surface area (Å²) in [5.41, 5.74) is 2.17. The fourth-order valence-electron chi connectivity index (χ4n) is 1.81. The predicted octanol–water partition coefficient (Wildman–Crippen LogP) is 3.53. The van der Waals surface area contributed by atoms with Gasteiger partial charge in [0, 0.05) is 18.2 Å². The number of nitrogens with one attached hydrogen (secondary N) is 2. The number of benzene rings is 1. The fourth-order valence-corrected chi connectivity index (χ4v) is 1.81. The summed E-state index contributed by atoms with van der Waals surface area (Å²) >= 11 is 0. The van der Waals surface area contributed by atoms with Crippen molar-refractivity contribution in [2.45, 2.75) is 52.5 Å². The van der Waals surface area contributed by atoms with Gasteiger partial charge in [0.05, 0.1) is 0 Å². The number of rotatable bonds is 7. The molecule has 0 aromatic heterocycles. The maximum atomic E-state index is 11.7. The van der Waals surface area contributed by atoms with Gasteiger partial charge >= 0.3 is 0 Å². The van der Waals surface area contributed by atoms with Crippen LogP contribution in [0.1, 0.15) is 52.0 Å². The molecular formula is C16H26N2O. The van der Waals surface area contributed by atoms with Gasteiger partial charge in [-0.1, -0.05) is 39.8 Å². The van der Waals surface area contributed by atoms with Crippen LogP contribution < -0.4 is 10.6 Å². The Balaban J connectivity index is 2.32. The lowest BCUT2D eigenvalue weighted by atomic mass is 10.0. The molecule has 3 heteroatoms. The molecule has 0 aliphatic heterocycles. The number of carbonyl (C=O) groups is 1. The molecule has 2 N–H and O–H groups in total. The molecule has 0 heterocycles. The van der Waals surface area contributed by atoms with Crippen molar-refractivity contribution in [3.63, 3.8) is 0 Å². The quantitative estimate of drug-likeness (QED) is 0.738. The van der Waals surface area contributed by atoms with Crippen molar-refractivity contribution in [3.05, 3.63) is 29.8 Å². The monoisotopic (exact) mass is 262 g/mol. The van der Waals surface area contributed by atoms with E-state index >= 15 is 0 Å². The standard InChI is InChI=1S/C16H26N2O/c1-12(2)14-7-9-15(10-8-14)18-16(19)6-5-11-17-13(3)4/h7-10,12-13,17H,5-6,11H2,1-4H3,(H,18,19). The second-order valence-electron chi connectivity index (χ2n) is 5.54. The lowest BCUT2D eigenvalue weighted by Gasteiger charge is -2.09. The van der Waals surface area contributed by atoms with E-state index in [1.165, 1.54) is 5.56 Å². The molecule has 0 bridgehead atoms. The Morgan fingerprint density at radius 2 is 1.74 bits per heavy atom. The third-order valence-corrected chi connectivity index (χ3v) is 2.99. The Morgan fingerprint density at radius 1 is 1.11 bits per heavy atom. The third kappa shape index (κ3) is 6.39. The topological polar surface area (TPSA) is 41.1 Å². The van der Waals surface area contributed by atoms with Crippen molar-refractivity contribution < 1.29 is 4.79 Å². The highest BCUT2D eigenvalue weighted by molar-refractivity contribution is 5.90. The van der Waals surface area contributed by atoms with E-state index in [4.69, 9.17) is 0 Å². The Hall–Kier alpha value is -1.35. The molecule has 0 unspecified atom stereocenters. The minimum absolute atomic E-state index is 0.0860. The summed E-state index contributed by atoms with van der Waals surface area (Å²) in [5.74, 6) is 0.606. The summed E-state index contributed by atoms with van der Waals surface area (Å²) in [4.78, 5) is 11.7. The molecule has 0 aliphatic rings. The Labute approximate surface area is 116 Å². The van der Waals surface area contributed by atoms with E-state index in [1.807, 2.05) is 12.1 Å². The fraction of sp³-hybridized carbons (Fsp3) is 0.562. The minimum Gasteiger partial charge on any atom is -0.326 e. The molecule has 0 spiro atoms. The second kappa shape index (κ2) is 7.95. The van der Waals surface area contributed by atoms with Crippen molar-refractivity contribution in [3.8, 4) is 0 Å². The zero-order chi connectivity index (χ0) is 14.3. The van der Waals surface area contributed by atoms with Crippen molar-refractivity contribution in [2.75, 3.05) is 11.9 Å². The summed E-state index contributed by atoms with van der Waals surface area (Å²) in [7, 11) is 0. The first kappa shape index (κ1) is 15.7.